The Morgan fingerprint density at radius 3 is 2.90 bits per heavy atom. The Balaban J connectivity index is 2.56. The van der Waals surface area contributed by atoms with E-state index in [9.17, 15) is 4.79 Å². The predicted molar refractivity (Wildman–Crippen MR) is 79.5 cm³/mol. The van der Waals surface area contributed by atoms with Gasteiger partial charge >= 0.3 is 5.97 Å². The molecule has 6 nitrogen and oxygen atoms in total. The summed E-state index contributed by atoms with van der Waals surface area (Å²) in [6, 6.07) is 3.84. The van der Waals surface area contributed by atoms with Gasteiger partial charge in [0.25, 0.3) is 0 Å². The standard InChI is InChI=1S/C13H11BrN4O2/c1-6-2-7(14)3-8-10-12(15)16-5-17-13(10)18(11(6)8)4-9(19)20/h2-3,5H,4H2,1H3,(H,19,20)(H2,15,16,17). The molecule has 0 bridgehead atoms. The lowest BCUT2D eigenvalue weighted by Gasteiger charge is -2.05. The van der Waals surface area contributed by atoms with Crippen molar-refractivity contribution in [2.45, 2.75) is 13.5 Å². The number of hydrogen-bond donors (Lipinski definition) is 2. The lowest BCUT2D eigenvalue weighted by molar-refractivity contribution is -0.137. The molecule has 0 radical (unpaired) electrons. The molecular weight excluding hydrogens is 324 g/mol. The summed E-state index contributed by atoms with van der Waals surface area (Å²) in [6.45, 7) is 1.76. The molecule has 0 amide bonds. The van der Waals surface area contributed by atoms with Crippen molar-refractivity contribution in [1.29, 1.82) is 0 Å². The third-order valence-electron chi connectivity index (χ3n) is 3.21. The van der Waals surface area contributed by atoms with Gasteiger partial charge in [-0.15, -0.1) is 0 Å². The maximum atomic E-state index is 11.1. The van der Waals surface area contributed by atoms with Crippen LogP contribution in [0.5, 0.6) is 0 Å². The number of carboxylic acid groups (broad SMARTS) is 1. The Bertz CT molecular complexity index is 857. The van der Waals surface area contributed by atoms with Gasteiger partial charge in [-0.25, -0.2) is 9.97 Å². The zero-order valence-corrected chi connectivity index (χ0v) is 12.2. The zero-order valence-electron chi connectivity index (χ0n) is 10.6. The molecule has 0 fully saturated rings. The number of aliphatic carboxylic acids is 1. The van der Waals surface area contributed by atoms with E-state index in [2.05, 4.69) is 25.9 Å². The summed E-state index contributed by atoms with van der Waals surface area (Å²) in [5.74, 6) is -0.579. The molecule has 3 N–H and O–H groups in total. The van der Waals surface area contributed by atoms with Crippen molar-refractivity contribution in [3.8, 4) is 0 Å². The minimum absolute atomic E-state index is 0.168. The summed E-state index contributed by atoms with van der Waals surface area (Å²) >= 11 is 3.45. The summed E-state index contributed by atoms with van der Waals surface area (Å²) in [5.41, 5.74) is 8.25. The van der Waals surface area contributed by atoms with E-state index in [0.29, 0.717) is 16.9 Å². The lowest BCUT2D eigenvalue weighted by atomic mass is 10.1. The molecule has 0 unspecified atom stereocenters. The van der Waals surface area contributed by atoms with Crippen LogP contribution in [0.3, 0.4) is 0 Å². The van der Waals surface area contributed by atoms with Gasteiger partial charge in [0.15, 0.2) is 0 Å². The van der Waals surface area contributed by atoms with Crippen molar-refractivity contribution in [2.75, 3.05) is 5.73 Å². The fraction of sp³-hybridized carbons (Fsp3) is 0.154. The smallest absolute Gasteiger partial charge is 0.323 e. The third-order valence-corrected chi connectivity index (χ3v) is 3.67. The van der Waals surface area contributed by atoms with Crippen molar-refractivity contribution in [3.05, 3.63) is 28.5 Å². The molecule has 2 aromatic heterocycles. The number of carbonyl (C=O) groups is 1. The number of nitrogens with zero attached hydrogens (tertiary/aromatic N) is 3. The Kier molecular flexibility index (Phi) is 2.86. The van der Waals surface area contributed by atoms with Crippen LogP contribution < -0.4 is 5.73 Å². The highest BCUT2D eigenvalue weighted by Gasteiger charge is 2.18. The summed E-state index contributed by atoms with van der Waals surface area (Å²) in [7, 11) is 0. The monoisotopic (exact) mass is 334 g/mol. The van der Waals surface area contributed by atoms with Gasteiger partial charge in [0, 0.05) is 9.86 Å². The number of aromatic nitrogens is 3. The molecule has 20 heavy (non-hydrogen) atoms. The van der Waals surface area contributed by atoms with E-state index in [4.69, 9.17) is 10.8 Å². The first kappa shape index (κ1) is 12.9. The second-order valence-electron chi connectivity index (χ2n) is 4.56. The quantitative estimate of drug-likeness (QED) is 0.750. The number of benzene rings is 1. The first-order valence-electron chi connectivity index (χ1n) is 5.89. The van der Waals surface area contributed by atoms with Crippen LogP contribution in [0.1, 0.15) is 5.56 Å². The van der Waals surface area contributed by atoms with E-state index < -0.39 is 5.97 Å². The molecule has 0 saturated carbocycles. The Morgan fingerprint density at radius 1 is 1.45 bits per heavy atom. The highest BCUT2D eigenvalue weighted by Crippen LogP contribution is 2.34. The van der Waals surface area contributed by atoms with E-state index in [1.165, 1.54) is 6.33 Å². The Morgan fingerprint density at radius 2 is 2.20 bits per heavy atom. The van der Waals surface area contributed by atoms with Crippen LogP contribution in [-0.2, 0) is 11.3 Å². The topological polar surface area (TPSA) is 94.0 Å². The summed E-state index contributed by atoms with van der Waals surface area (Å²) in [6.07, 6.45) is 1.35. The highest BCUT2D eigenvalue weighted by atomic mass is 79.9. The molecule has 2 heterocycles. The van der Waals surface area contributed by atoms with Crippen LogP contribution in [-0.4, -0.2) is 25.6 Å². The maximum Gasteiger partial charge on any atom is 0.323 e. The first-order valence-corrected chi connectivity index (χ1v) is 6.68. The number of carboxylic acids is 1. The maximum absolute atomic E-state index is 11.1. The number of halogens is 1. The van der Waals surface area contributed by atoms with Crippen LogP contribution in [0.15, 0.2) is 22.9 Å². The number of nitrogen functional groups attached to an aromatic ring is 1. The van der Waals surface area contributed by atoms with Crippen molar-refractivity contribution >= 4 is 49.7 Å². The van der Waals surface area contributed by atoms with Gasteiger partial charge < -0.3 is 15.4 Å². The summed E-state index contributed by atoms with van der Waals surface area (Å²) in [4.78, 5) is 19.3. The summed E-state index contributed by atoms with van der Waals surface area (Å²) in [5, 5.41) is 10.7. The average Bonchev–Trinajstić information content (AvgIpc) is 2.64. The molecule has 1 aromatic carbocycles. The number of hydrogen-bond acceptors (Lipinski definition) is 4. The van der Waals surface area contributed by atoms with E-state index >= 15 is 0 Å². The lowest BCUT2D eigenvalue weighted by Crippen LogP contribution is -2.09. The Hall–Kier alpha value is -2.15. The molecule has 3 aromatic rings. The van der Waals surface area contributed by atoms with Gasteiger partial charge in [-0.05, 0) is 24.6 Å². The normalized spacial score (nSPS) is 11.3. The first-order chi connectivity index (χ1) is 9.49. The SMILES string of the molecule is Cc1cc(Br)cc2c3c(N)ncnc3n(CC(=O)O)c12. The van der Waals surface area contributed by atoms with Crippen LogP contribution in [0, 0.1) is 6.92 Å². The van der Waals surface area contributed by atoms with Gasteiger partial charge in [-0.2, -0.15) is 0 Å². The van der Waals surface area contributed by atoms with Gasteiger partial charge in [-0.3, -0.25) is 4.79 Å². The number of aryl methyl sites for hydroxylation is 1. The van der Waals surface area contributed by atoms with Crippen LogP contribution in [0.2, 0.25) is 0 Å². The molecular formula is C13H11BrN4O2. The molecule has 0 spiro atoms. The van der Waals surface area contributed by atoms with Gasteiger partial charge in [0.05, 0.1) is 10.9 Å². The Labute approximate surface area is 122 Å². The predicted octanol–water partition coefficient (Wildman–Crippen LogP) is 2.32. The number of anilines is 1. The van der Waals surface area contributed by atoms with Crippen LogP contribution in [0.4, 0.5) is 5.82 Å². The molecule has 0 aliphatic rings. The van der Waals surface area contributed by atoms with E-state index in [1.807, 2.05) is 19.1 Å². The van der Waals surface area contributed by atoms with Crippen LogP contribution in [0.25, 0.3) is 21.9 Å². The second-order valence-corrected chi connectivity index (χ2v) is 5.47. The summed E-state index contributed by atoms with van der Waals surface area (Å²) < 4.78 is 2.56. The number of fused-ring (bicyclic) bond motifs is 3. The zero-order chi connectivity index (χ0) is 14.4. The second kappa shape index (κ2) is 4.45. The number of rotatable bonds is 2. The molecule has 102 valence electrons. The fourth-order valence-electron chi connectivity index (χ4n) is 2.53. The number of nitrogens with two attached hydrogens (primary N) is 1. The van der Waals surface area contributed by atoms with E-state index in [-0.39, 0.29) is 6.54 Å². The highest BCUT2D eigenvalue weighted by molar-refractivity contribution is 9.10. The largest absolute Gasteiger partial charge is 0.480 e. The van der Waals surface area contributed by atoms with Gasteiger partial charge in [-0.1, -0.05) is 15.9 Å². The van der Waals surface area contributed by atoms with Gasteiger partial charge in [0.2, 0.25) is 0 Å². The van der Waals surface area contributed by atoms with Crippen molar-refractivity contribution in [3.63, 3.8) is 0 Å². The molecule has 3 rings (SSSR count). The van der Waals surface area contributed by atoms with E-state index in [1.54, 1.807) is 4.57 Å². The molecule has 0 saturated heterocycles. The molecule has 0 aliphatic carbocycles. The van der Waals surface area contributed by atoms with Crippen molar-refractivity contribution < 1.29 is 9.90 Å². The molecule has 7 heteroatoms. The molecule has 0 aliphatic heterocycles. The fourth-order valence-corrected chi connectivity index (χ4v) is 3.10. The minimum atomic E-state index is -0.927. The van der Waals surface area contributed by atoms with Gasteiger partial charge in [0.1, 0.15) is 24.3 Å². The molecule has 0 atom stereocenters. The third kappa shape index (κ3) is 1.82. The minimum Gasteiger partial charge on any atom is -0.480 e. The average molecular weight is 335 g/mol. The van der Waals surface area contributed by atoms with E-state index in [0.717, 1.165) is 20.9 Å². The van der Waals surface area contributed by atoms with Crippen LogP contribution >= 0.6 is 15.9 Å². The van der Waals surface area contributed by atoms with Crippen molar-refractivity contribution in [2.24, 2.45) is 0 Å². The van der Waals surface area contributed by atoms with Crippen molar-refractivity contribution in [1.82, 2.24) is 14.5 Å².